The van der Waals surface area contributed by atoms with E-state index >= 15 is 0 Å². The van der Waals surface area contributed by atoms with Gasteiger partial charge in [0.25, 0.3) is 5.56 Å². The third-order valence-corrected chi connectivity index (χ3v) is 6.03. The maximum atomic E-state index is 14.9. The minimum Gasteiger partial charge on any atom is -0.343 e. The van der Waals surface area contributed by atoms with Gasteiger partial charge in [0.1, 0.15) is 11.7 Å². The Morgan fingerprint density at radius 3 is 2.38 bits per heavy atom. The van der Waals surface area contributed by atoms with Gasteiger partial charge in [0.15, 0.2) is 17.5 Å². The molecule has 196 valence electrons. The van der Waals surface area contributed by atoms with E-state index in [9.17, 15) is 22.4 Å². The summed E-state index contributed by atoms with van der Waals surface area (Å²) in [5.41, 5.74) is 11.6. The highest BCUT2D eigenvalue weighted by molar-refractivity contribution is 6.04. The van der Waals surface area contributed by atoms with Crippen LogP contribution in [0.15, 0.2) is 40.2 Å². The fourth-order valence-corrected chi connectivity index (χ4v) is 4.11. The molecule has 3 aromatic rings. The lowest BCUT2D eigenvalue weighted by Gasteiger charge is -2.22. The first-order valence-electron chi connectivity index (χ1n) is 11.8. The average Bonchev–Trinajstić information content (AvgIpc) is 3.27. The number of aromatic amines is 1. The molecule has 1 aliphatic heterocycles. The van der Waals surface area contributed by atoms with Crippen LogP contribution in [0.5, 0.6) is 0 Å². The summed E-state index contributed by atoms with van der Waals surface area (Å²) in [6.45, 7) is 2.91. The van der Waals surface area contributed by atoms with Crippen LogP contribution in [0.4, 0.5) is 29.2 Å². The van der Waals surface area contributed by atoms with Crippen LogP contribution in [0.25, 0.3) is 11.1 Å². The number of halogens is 4. The number of nitrogens with two attached hydrogens (primary N) is 2. The topological polar surface area (TPSA) is 125 Å². The minimum absolute atomic E-state index is 0.0503. The number of aliphatic imine (C=N–C) groups is 1. The number of aromatic nitrogens is 2. The molecule has 0 aliphatic carbocycles. The van der Waals surface area contributed by atoms with Crippen molar-refractivity contribution in [1.82, 2.24) is 14.9 Å². The van der Waals surface area contributed by atoms with Gasteiger partial charge >= 0.3 is 0 Å². The second-order valence-corrected chi connectivity index (χ2v) is 8.69. The molecular weight excluding hydrogens is 490 g/mol. The van der Waals surface area contributed by atoms with Crippen LogP contribution in [0.2, 0.25) is 0 Å². The van der Waals surface area contributed by atoms with E-state index in [1.54, 1.807) is 12.1 Å². The molecule has 0 radical (unpaired) electrons. The van der Waals surface area contributed by atoms with Gasteiger partial charge in [-0.1, -0.05) is 12.1 Å². The standard InChI is InChI=1S/C25H27F4N7O/c26-18-9-14(3-4-15(18)13-36(7-1-5-30)8-2-6-31)17-12-32-25(35-24(17)37)34-21-10-16-20(33-21)11-19(27)23(29)22(16)28/h3-4,9,11-12H,1-2,5-8,10,13,30-31H2,(H2,32,33,34,35,37). The molecule has 2 aromatic carbocycles. The van der Waals surface area contributed by atoms with Gasteiger partial charge in [-0.15, -0.1) is 0 Å². The van der Waals surface area contributed by atoms with Crippen molar-refractivity contribution in [2.24, 2.45) is 16.5 Å². The molecule has 0 atom stereocenters. The number of rotatable bonds is 10. The smallest absolute Gasteiger partial charge is 0.260 e. The quantitative estimate of drug-likeness (QED) is 0.242. The molecule has 2 heterocycles. The van der Waals surface area contributed by atoms with Crippen molar-refractivity contribution in [3.05, 3.63) is 75.2 Å². The van der Waals surface area contributed by atoms with E-state index in [1.807, 2.05) is 0 Å². The Bertz CT molecular complexity index is 1370. The summed E-state index contributed by atoms with van der Waals surface area (Å²) in [5, 5.41) is 2.69. The Morgan fingerprint density at radius 2 is 1.73 bits per heavy atom. The number of anilines is 1. The molecule has 0 fully saturated rings. The van der Waals surface area contributed by atoms with Gasteiger partial charge in [0.2, 0.25) is 5.95 Å². The summed E-state index contributed by atoms with van der Waals surface area (Å²) >= 11 is 0. The number of H-pyrrole nitrogens is 1. The highest BCUT2D eigenvalue weighted by Gasteiger charge is 2.25. The zero-order chi connectivity index (χ0) is 26.5. The maximum absolute atomic E-state index is 14.9. The van der Waals surface area contributed by atoms with Crippen molar-refractivity contribution < 1.29 is 17.6 Å². The first-order chi connectivity index (χ1) is 17.8. The lowest BCUT2D eigenvalue weighted by atomic mass is 10.1. The van der Waals surface area contributed by atoms with Crippen molar-refractivity contribution in [2.45, 2.75) is 25.8 Å². The largest absolute Gasteiger partial charge is 0.343 e. The van der Waals surface area contributed by atoms with E-state index in [-0.39, 0.29) is 35.0 Å². The molecule has 0 saturated carbocycles. The highest BCUT2D eigenvalue weighted by atomic mass is 19.2. The molecule has 8 nitrogen and oxygen atoms in total. The van der Waals surface area contributed by atoms with E-state index in [4.69, 9.17) is 11.5 Å². The van der Waals surface area contributed by atoms with Crippen LogP contribution < -0.4 is 22.3 Å². The second kappa shape index (κ2) is 11.6. The summed E-state index contributed by atoms with van der Waals surface area (Å²) in [4.78, 5) is 25.5. The Balaban J connectivity index is 1.50. The second-order valence-electron chi connectivity index (χ2n) is 8.69. The molecule has 0 saturated heterocycles. The molecular formula is C25H27F4N7O. The van der Waals surface area contributed by atoms with E-state index in [2.05, 4.69) is 25.2 Å². The van der Waals surface area contributed by atoms with Gasteiger partial charge in [0, 0.05) is 42.0 Å². The van der Waals surface area contributed by atoms with Crippen molar-refractivity contribution in [3.8, 4) is 11.1 Å². The van der Waals surface area contributed by atoms with Crippen LogP contribution in [0, 0.1) is 23.3 Å². The number of nitrogens with zero attached hydrogens (tertiary/aromatic N) is 3. The van der Waals surface area contributed by atoms with Crippen LogP contribution in [-0.4, -0.2) is 46.9 Å². The number of amidine groups is 1. The zero-order valence-corrected chi connectivity index (χ0v) is 20.0. The summed E-state index contributed by atoms with van der Waals surface area (Å²) < 4.78 is 55.9. The number of nitrogens with one attached hydrogen (secondary N) is 2. The number of hydrogen-bond donors (Lipinski definition) is 4. The Labute approximate surface area is 210 Å². The summed E-state index contributed by atoms with van der Waals surface area (Å²) in [6, 6.07) is 5.38. The minimum atomic E-state index is -1.56. The SMILES string of the molecule is NCCCN(CCCN)Cc1ccc(-c2cnc(N=C3Cc4c(cc(F)c(F)c4F)N3)[nH]c2=O)cc1F. The molecule has 0 amide bonds. The van der Waals surface area contributed by atoms with Crippen LogP contribution in [-0.2, 0) is 13.0 Å². The first-order valence-corrected chi connectivity index (χ1v) is 11.8. The first kappa shape index (κ1) is 26.5. The lowest BCUT2D eigenvalue weighted by molar-refractivity contribution is 0.258. The van der Waals surface area contributed by atoms with E-state index in [1.165, 1.54) is 12.3 Å². The molecule has 0 spiro atoms. The third-order valence-electron chi connectivity index (χ3n) is 6.03. The molecule has 0 bridgehead atoms. The molecule has 37 heavy (non-hydrogen) atoms. The molecule has 0 unspecified atom stereocenters. The Kier molecular flexibility index (Phi) is 8.31. The number of hydrogen-bond acceptors (Lipinski definition) is 6. The fourth-order valence-electron chi connectivity index (χ4n) is 4.11. The highest BCUT2D eigenvalue weighted by Crippen LogP contribution is 2.30. The summed E-state index contributed by atoms with van der Waals surface area (Å²) in [6.07, 6.45) is 2.69. The van der Waals surface area contributed by atoms with E-state index in [0.717, 1.165) is 32.0 Å². The van der Waals surface area contributed by atoms with Crippen molar-refractivity contribution in [3.63, 3.8) is 0 Å². The monoisotopic (exact) mass is 517 g/mol. The van der Waals surface area contributed by atoms with Gasteiger partial charge in [-0.05, 0) is 50.7 Å². The van der Waals surface area contributed by atoms with Gasteiger partial charge in [-0.3, -0.25) is 14.7 Å². The fraction of sp³-hybridized carbons (Fsp3) is 0.320. The molecule has 6 N–H and O–H groups in total. The van der Waals surface area contributed by atoms with Crippen LogP contribution in [0.3, 0.4) is 0 Å². The van der Waals surface area contributed by atoms with Crippen molar-refractivity contribution >= 4 is 17.5 Å². The summed E-state index contributed by atoms with van der Waals surface area (Å²) in [7, 11) is 0. The predicted octanol–water partition coefficient (Wildman–Crippen LogP) is 3.19. The van der Waals surface area contributed by atoms with Gasteiger partial charge in [0.05, 0.1) is 5.56 Å². The van der Waals surface area contributed by atoms with E-state index < -0.39 is 28.8 Å². The molecule has 1 aromatic heterocycles. The Morgan fingerprint density at radius 1 is 1.00 bits per heavy atom. The Hall–Kier alpha value is -3.61. The third kappa shape index (κ3) is 6.04. The van der Waals surface area contributed by atoms with Gasteiger partial charge < -0.3 is 16.8 Å². The predicted molar refractivity (Wildman–Crippen MR) is 134 cm³/mol. The number of benzene rings is 2. The molecule has 1 aliphatic rings. The van der Waals surface area contributed by atoms with Gasteiger partial charge in [-0.25, -0.2) is 22.5 Å². The normalized spacial score (nSPS) is 13.9. The average molecular weight is 518 g/mol. The molecule has 4 rings (SSSR count). The zero-order valence-electron chi connectivity index (χ0n) is 20.0. The molecule has 12 heteroatoms. The van der Waals surface area contributed by atoms with Gasteiger partial charge in [-0.2, -0.15) is 4.99 Å². The van der Waals surface area contributed by atoms with Crippen molar-refractivity contribution in [1.29, 1.82) is 0 Å². The maximum Gasteiger partial charge on any atom is 0.260 e. The van der Waals surface area contributed by atoms with Crippen LogP contribution >= 0.6 is 0 Å². The summed E-state index contributed by atoms with van der Waals surface area (Å²) in [5.74, 6) is -4.58. The van der Waals surface area contributed by atoms with Crippen LogP contribution in [0.1, 0.15) is 24.0 Å². The van der Waals surface area contributed by atoms with E-state index in [0.29, 0.717) is 30.8 Å². The lowest BCUT2D eigenvalue weighted by Crippen LogP contribution is -2.28. The van der Waals surface area contributed by atoms with Crippen molar-refractivity contribution in [2.75, 3.05) is 31.5 Å². The number of fused-ring (bicyclic) bond motifs is 1.